The van der Waals surface area contributed by atoms with Gasteiger partial charge in [0.15, 0.2) is 0 Å². The molecule has 0 saturated carbocycles. The van der Waals surface area contributed by atoms with Crippen molar-refractivity contribution >= 4 is 88.6 Å². The summed E-state index contributed by atoms with van der Waals surface area (Å²) in [6.45, 7) is 18.5. The van der Waals surface area contributed by atoms with Crippen molar-refractivity contribution in [2.45, 2.75) is 41.5 Å². The standard InChI is InChI=1S/C51H63N7O18/c1-31(2)43(59)68-22-25-74-49(65)55-40-28-37(13-10-34(40)7)52-46(62)71-19-16-58(17-20-72-47(63)53-38-14-11-35(8)41(29-38)56-50(66)75-26-23-69-44(60)32(3)4)18-21-73-48(64)54-39-15-12-36(9)42(30-39)57-51(67)76-27-24-70-45(61)33(5)6/h10-15,28-30H,1,3,5,16-27H2,2,4,6-9H3,(H,52,62)(H,53,63)(H,54,64)(H,55,65)(H,56,66)(H,57,67). The van der Waals surface area contributed by atoms with Crippen LogP contribution in [0.1, 0.15) is 37.5 Å². The summed E-state index contributed by atoms with van der Waals surface area (Å²) in [6, 6.07) is 14.1. The lowest BCUT2D eigenvalue weighted by Crippen LogP contribution is -2.36. The molecule has 0 aliphatic heterocycles. The predicted octanol–water partition coefficient (Wildman–Crippen LogP) is 7.96. The Kier molecular flexibility index (Phi) is 25.9. The Morgan fingerprint density at radius 2 is 0.579 bits per heavy atom. The Balaban J connectivity index is 1.58. The Labute approximate surface area is 438 Å². The Bertz CT molecular complexity index is 2340. The molecule has 410 valence electrons. The maximum atomic E-state index is 12.9. The van der Waals surface area contributed by atoms with Gasteiger partial charge in [0.2, 0.25) is 0 Å². The van der Waals surface area contributed by atoms with E-state index in [0.717, 1.165) is 0 Å². The SMILES string of the molecule is C=C(C)C(=O)OCCOC(=O)Nc1cc(NC(=O)OCCN(CCOC(=O)Nc2ccc(C)c(NC(=O)OCCOC(=O)C(=C)C)c2)CCOC(=O)Nc2ccc(C)c(NC(=O)OCCOC(=O)C(=C)C)c2)ccc1C. The minimum Gasteiger partial charge on any atom is -0.459 e. The molecular formula is C51H63N7O18. The van der Waals surface area contributed by atoms with Crippen molar-refractivity contribution in [3.8, 4) is 0 Å². The van der Waals surface area contributed by atoms with E-state index in [4.69, 9.17) is 42.6 Å². The first-order valence-corrected chi connectivity index (χ1v) is 23.2. The summed E-state index contributed by atoms with van der Waals surface area (Å²) in [4.78, 5) is 112. The first-order chi connectivity index (χ1) is 36.1. The van der Waals surface area contributed by atoms with Crippen LogP contribution in [-0.2, 0) is 57.0 Å². The summed E-state index contributed by atoms with van der Waals surface area (Å²) < 4.78 is 46.1. The van der Waals surface area contributed by atoms with Crippen molar-refractivity contribution < 1.29 is 85.8 Å². The fourth-order valence-corrected chi connectivity index (χ4v) is 5.72. The van der Waals surface area contributed by atoms with Crippen molar-refractivity contribution in [3.05, 3.63) is 108 Å². The molecule has 0 unspecified atom stereocenters. The van der Waals surface area contributed by atoms with E-state index in [0.29, 0.717) is 33.8 Å². The molecule has 6 N–H and O–H groups in total. The van der Waals surface area contributed by atoms with E-state index < -0.39 is 54.5 Å². The quantitative estimate of drug-likeness (QED) is 0.0182. The number of amides is 6. The van der Waals surface area contributed by atoms with Gasteiger partial charge in [-0.15, -0.1) is 0 Å². The highest BCUT2D eigenvalue weighted by molar-refractivity contribution is 5.92. The molecule has 0 bridgehead atoms. The van der Waals surface area contributed by atoms with Gasteiger partial charge in [-0.2, -0.15) is 0 Å². The average molecular weight is 1060 g/mol. The molecule has 0 heterocycles. The van der Waals surface area contributed by atoms with Crippen molar-refractivity contribution in [3.63, 3.8) is 0 Å². The fraction of sp³-hybridized carbons (Fsp3) is 0.353. The second-order valence-electron chi connectivity index (χ2n) is 16.2. The van der Waals surface area contributed by atoms with Gasteiger partial charge in [0.05, 0.1) is 0 Å². The third kappa shape index (κ3) is 24.1. The molecule has 0 aromatic heterocycles. The number of esters is 3. The van der Waals surface area contributed by atoms with Crippen LogP contribution in [0, 0.1) is 20.8 Å². The number of benzene rings is 3. The van der Waals surface area contributed by atoms with Crippen molar-refractivity contribution in [2.75, 3.05) is 111 Å². The highest BCUT2D eigenvalue weighted by atomic mass is 16.6. The highest BCUT2D eigenvalue weighted by Crippen LogP contribution is 2.23. The first-order valence-electron chi connectivity index (χ1n) is 23.2. The van der Waals surface area contributed by atoms with E-state index in [1.807, 2.05) is 0 Å². The van der Waals surface area contributed by atoms with Crippen LogP contribution in [-0.4, -0.2) is 138 Å². The Morgan fingerprint density at radius 3 is 0.829 bits per heavy atom. The number of hydrogen-bond acceptors (Lipinski definition) is 19. The van der Waals surface area contributed by atoms with E-state index >= 15 is 0 Å². The van der Waals surface area contributed by atoms with E-state index in [1.165, 1.54) is 39.0 Å². The number of nitrogens with zero attached hydrogens (tertiary/aromatic N) is 1. The van der Waals surface area contributed by atoms with Crippen LogP contribution in [0.4, 0.5) is 62.9 Å². The molecule has 6 amide bonds. The molecule has 25 nitrogen and oxygen atoms in total. The Hall–Kier alpha value is -9.13. The lowest BCUT2D eigenvalue weighted by atomic mass is 10.2. The zero-order valence-corrected chi connectivity index (χ0v) is 43.1. The van der Waals surface area contributed by atoms with Crippen LogP contribution in [0.15, 0.2) is 91.1 Å². The monoisotopic (exact) mass is 1060 g/mol. The molecule has 0 aliphatic carbocycles. The first kappa shape index (κ1) is 61.2. The summed E-state index contributed by atoms with van der Waals surface area (Å²) in [7, 11) is 0. The summed E-state index contributed by atoms with van der Waals surface area (Å²) in [5.74, 6) is -1.87. The summed E-state index contributed by atoms with van der Waals surface area (Å²) in [5, 5.41) is 15.4. The predicted molar refractivity (Wildman–Crippen MR) is 277 cm³/mol. The minimum absolute atomic E-state index is 0.0659. The zero-order valence-electron chi connectivity index (χ0n) is 43.1. The maximum Gasteiger partial charge on any atom is 0.411 e. The largest absolute Gasteiger partial charge is 0.459 e. The number of rotatable bonds is 27. The van der Waals surface area contributed by atoms with Gasteiger partial charge >= 0.3 is 54.5 Å². The van der Waals surface area contributed by atoms with Gasteiger partial charge < -0.3 is 42.6 Å². The topological polar surface area (TPSA) is 312 Å². The molecule has 3 aromatic rings. The van der Waals surface area contributed by atoms with E-state index in [1.54, 1.807) is 62.1 Å². The van der Waals surface area contributed by atoms with Crippen LogP contribution in [0.2, 0.25) is 0 Å². The van der Waals surface area contributed by atoms with Crippen LogP contribution < -0.4 is 31.9 Å². The zero-order chi connectivity index (χ0) is 56.2. The third-order valence-electron chi connectivity index (χ3n) is 9.78. The summed E-state index contributed by atoms with van der Waals surface area (Å²) in [5.41, 5.74) is 4.25. The molecule has 25 heteroatoms. The number of nitrogens with one attached hydrogen (secondary N) is 6. The highest BCUT2D eigenvalue weighted by Gasteiger charge is 2.16. The van der Waals surface area contributed by atoms with E-state index in [9.17, 15) is 43.2 Å². The number of anilines is 6. The number of ether oxygens (including phenoxy) is 9. The van der Waals surface area contributed by atoms with E-state index in [-0.39, 0.29) is 113 Å². The number of carbonyl (C=O) groups is 9. The number of aryl methyl sites for hydroxylation is 3. The fourth-order valence-electron chi connectivity index (χ4n) is 5.72. The smallest absolute Gasteiger partial charge is 0.411 e. The molecule has 3 rings (SSSR count). The van der Waals surface area contributed by atoms with Gasteiger partial charge in [-0.05, 0) is 94.6 Å². The van der Waals surface area contributed by atoms with Crippen LogP contribution in [0.3, 0.4) is 0 Å². The lowest BCUT2D eigenvalue weighted by Gasteiger charge is -2.22. The number of hydrogen-bond donors (Lipinski definition) is 6. The van der Waals surface area contributed by atoms with Gasteiger partial charge in [-0.25, -0.2) is 43.2 Å². The van der Waals surface area contributed by atoms with Crippen molar-refractivity contribution in [1.29, 1.82) is 0 Å². The molecule has 0 atom stereocenters. The van der Waals surface area contributed by atoms with Crippen LogP contribution in [0.25, 0.3) is 0 Å². The maximum absolute atomic E-state index is 12.9. The van der Waals surface area contributed by atoms with Crippen LogP contribution >= 0.6 is 0 Å². The molecule has 0 spiro atoms. The summed E-state index contributed by atoms with van der Waals surface area (Å²) in [6.07, 6.45) is -5.04. The molecule has 0 fully saturated rings. The minimum atomic E-state index is -0.850. The normalized spacial score (nSPS) is 10.3. The molecule has 0 saturated heterocycles. The summed E-state index contributed by atoms with van der Waals surface area (Å²) >= 11 is 0. The van der Waals surface area contributed by atoms with E-state index in [2.05, 4.69) is 51.6 Å². The average Bonchev–Trinajstić information content (AvgIpc) is 3.35. The van der Waals surface area contributed by atoms with Gasteiger partial charge in [-0.1, -0.05) is 37.9 Å². The molecule has 3 aromatic carbocycles. The molecular weight excluding hydrogens is 999 g/mol. The molecule has 0 aliphatic rings. The second-order valence-corrected chi connectivity index (χ2v) is 16.2. The van der Waals surface area contributed by atoms with Gasteiger partial charge in [0, 0.05) is 70.5 Å². The second kappa shape index (κ2) is 32.1. The molecule has 76 heavy (non-hydrogen) atoms. The van der Waals surface area contributed by atoms with Crippen molar-refractivity contribution in [1.82, 2.24) is 4.90 Å². The molecule has 0 radical (unpaired) electrons. The lowest BCUT2D eigenvalue weighted by molar-refractivity contribution is -0.140. The van der Waals surface area contributed by atoms with Crippen molar-refractivity contribution in [2.24, 2.45) is 0 Å². The number of carbonyl (C=O) groups excluding carboxylic acids is 9. The van der Waals surface area contributed by atoms with Crippen LogP contribution in [0.5, 0.6) is 0 Å². The van der Waals surface area contributed by atoms with Gasteiger partial charge in [0.25, 0.3) is 0 Å². The third-order valence-corrected chi connectivity index (χ3v) is 9.78. The van der Waals surface area contributed by atoms with Gasteiger partial charge in [-0.3, -0.25) is 36.8 Å². The Morgan fingerprint density at radius 1 is 0.355 bits per heavy atom. The van der Waals surface area contributed by atoms with Gasteiger partial charge in [0.1, 0.15) is 59.5 Å².